The van der Waals surface area contributed by atoms with Gasteiger partial charge < -0.3 is 4.52 Å². The summed E-state index contributed by atoms with van der Waals surface area (Å²) in [6.07, 6.45) is 1.16. The van der Waals surface area contributed by atoms with Crippen LogP contribution in [-0.4, -0.2) is 24.4 Å². The first-order chi connectivity index (χ1) is 10.8. The van der Waals surface area contributed by atoms with Gasteiger partial charge in [0.05, 0.1) is 11.7 Å². The highest BCUT2D eigenvalue weighted by molar-refractivity contribution is 7.89. The summed E-state index contributed by atoms with van der Waals surface area (Å²) in [4.78, 5) is -0.649. The van der Waals surface area contributed by atoms with Crippen molar-refractivity contribution in [2.45, 2.75) is 37.6 Å². The molecule has 2 aromatic rings. The minimum Gasteiger partial charge on any atom is -0.359 e. The van der Waals surface area contributed by atoms with E-state index < -0.39 is 32.6 Å². The number of halogens is 2. The average molecular weight is 342 g/mol. The van der Waals surface area contributed by atoms with Gasteiger partial charge in [-0.3, -0.25) is 0 Å². The molecule has 1 atom stereocenters. The molecule has 0 saturated carbocycles. The lowest BCUT2D eigenvalue weighted by Crippen LogP contribution is -2.31. The second-order valence-electron chi connectivity index (χ2n) is 5.68. The third-order valence-electron chi connectivity index (χ3n) is 3.98. The van der Waals surface area contributed by atoms with Crippen LogP contribution in [0.3, 0.4) is 0 Å². The average Bonchev–Trinajstić information content (AvgIpc) is 3.11. The molecule has 1 aliphatic rings. The number of nitrogens with zero attached hydrogens (tertiary/aromatic N) is 2. The summed E-state index contributed by atoms with van der Waals surface area (Å²) in [5.41, 5.74) is 0.696. The number of hydrogen-bond donors (Lipinski definition) is 0. The van der Waals surface area contributed by atoms with Crippen molar-refractivity contribution in [1.29, 1.82) is 0 Å². The summed E-state index contributed by atoms with van der Waals surface area (Å²) in [7, 11) is -4.17. The molecule has 8 heteroatoms. The molecule has 1 aliphatic heterocycles. The van der Waals surface area contributed by atoms with E-state index in [1.54, 1.807) is 13.0 Å². The van der Waals surface area contributed by atoms with Gasteiger partial charge in [0.2, 0.25) is 10.0 Å². The van der Waals surface area contributed by atoms with Crippen LogP contribution in [0.5, 0.6) is 0 Å². The molecule has 0 spiro atoms. The van der Waals surface area contributed by atoms with Gasteiger partial charge in [-0.05, 0) is 44.4 Å². The largest absolute Gasteiger partial charge is 0.359 e. The second-order valence-corrected chi connectivity index (χ2v) is 7.54. The van der Waals surface area contributed by atoms with Crippen molar-refractivity contribution >= 4 is 10.0 Å². The Kier molecular flexibility index (Phi) is 3.97. The SMILES string of the molecule is Cc1cc(C2CCCN2S(=O)(=O)c2cc(F)c(C)cc2F)on1. The summed E-state index contributed by atoms with van der Waals surface area (Å²) < 4.78 is 59.7. The van der Waals surface area contributed by atoms with Gasteiger partial charge in [-0.25, -0.2) is 17.2 Å². The van der Waals surface area contributed by atoms with Crippen LogP contribution in [0.4, 0.5) is 8.78 Å². The van der Waals surface area contributed by atoms with E-state index in [0.29, 0.717) is 24.3 Å². The third kappa shape index (κ3) is 2.76. The highest BCUT2D eigenvalue weighted by Gasteiger charge is 2.39. The quantitative estimate of drug-likeness (QED) is 0.860. The van der Waals surface area contributed by atoms with Crippen molar-refractivity contribution in [2.75, 3.05) is 6.54 Å². The monoisotopic (exact) mass is 342 g/mol. The Morgan fingerprint density at radius 1 is 1.22 bits per heavy atom. The van der Waals surface area contributed by atoms with Gasteiger partial charge in [-0.15, -0.1) is 0 Å². The Labute approximate surface area is 132 Å². The van der Waals surface area contributed by atoms with Crippen LogP contribution in [0.15, 0.2) is 27.6 Å². The molecule has 0 bridgehead atoms. The normalized spacial score (nSPS) is 19.4. The smallest absolute Gasteiger partial charge is 0.246 e. The Morgan fingerprint density at radius 3 is 2.61 bits per heavy atom. The van der Waals surface area contributed by atoms with Gasteiger partial charge in [0, 0.05) is 12.6 Å². The van der Waals surface area contributed by atoms with E-state index in [1.165, 1.54) is 6.92 Å². The summed E-state index contributed by atoms with van der Waals surface area (Å²) in [6, 6.07) is 2.74. The number of aromatic nitrogens is 1. The van der Waals surface area contributed by atoms with E-state index in [1.807, 2.05) is 0 Å². The molecule has 0 amide bonds. The predicted octanol–water partition coefficient (Wildman–Crippen LogP) is 3.10. The van der Waals surface area contributed by atoms with Crippen LogP contribution in [0, 0.1) is 25.5 Å². The molecule has 2 heterocycles. The maximum atomic E-state index is 14.1. The molecule has 1 aromatic heterocycles. The molecule has 1 saturated heterocycles. The van der Waals surface area contributed by atoms with Gasteiger partial charge in [0.25, 0.3) is 0 Å². The van der Waals surface area contributed by atoms with E-state index in [4.69, 9.17) is 4.52 Å². The molecular weight excluding hydrogens is 326 g/mol. The van der Waals surface area contributed by atoms with Gasteiger partial charge in [-0.1, -0.05) is 5.16 Å². The Hall–Kier alpha value is -1.80. The first-order valence-corrected chi connectivity index (χ1v) is 8.65. The summed E-state index contributed by atoms with van der Waals surface area (Å²) in [6.45, 7) is 3.34. The van der Waals surface area contributed by atoms with Crippen LogP contribution in [0.25, 0.3) is 0 Å². The van der Waals surface area contributed by atoms with E-state index >= 15 is 0 Å². The molecular formula is C15H16F2N2O3S. The fourth-order valence-corrected chi connectivity index (χ4v) is 4.53. The first-order valence-electron chi connectivity index (χ1n) is 7.21. The number of sulfonamides is 1. The van der Waals surface area contributed by atoms with Gasteiger partial charge in [0.15, 0.2) is 5.76 Å². The van der Waals surface area contributed by atoms with Gasteiger partial charge >= 0.3 is 0 Å². The summed E-state index contributed by atoms with van der Waals surface area (Å²) >= 11 is 0. The van der Waals surface area contributed by atoms with Crippen molar-refractivity contribution in [3.63, 3.8) is 0 Å². The van der Waals surface area contributed by atoms with E-state index in [2.05, 4.69) is 5.16 Å². The molecule has 1 aromatic carbocycles. The summed E-state index contributed by atoms with van der Waals surface area (Å²) in [5.74, 6) is -1.30. The molecule has 5 nitrogen and oxygen atoms in total. The predicted molar refractivity (Wildman–Crippen MR) is 78.2 cm³/mol. The lowest BCUT2D eigenvalue weighted by atomic mass is 10.2. The van der Waals surface area contributed by atoms with Crippen LogP contribution < -0.4 is 0 Å². The van der Waals surface area contributed by atoms with Crippen molar-refractivity contribution < 1.29 is 21.7 Å². The van der Waals surface area contributed by atoms with Crippen molar-refractivity contribution in [3.8, 4) is 0 Å². The van der Waals surface area contributed by atoms with Gasteiger partial charge in [0.1, 0.15) is 16.5 Å². The lowest BCUT2D eigenvalue weighted by molar-refractivity contribution is 0.296. The number of aryl methyl sites for hydroxylation is 2. The van der Waals surface area contributed by atoms with E-state index in [-0.39, 0.29) is 12.1 Å². The topological polar surface area (TPSA) is 63.4 Å². The summed E-state index contributed by atoms with van der Waals surface area (Å²) in [5, 5.41) is 3.76. The molecule has 1 fully saturated rings. The molecule has 0 aliphatic carbocycles. The number of hydrogen-bond acceptors (Lipinski definition) is 4. The molecule has 124 valence electrons. The van der Waals surface area contributed by atoms with Crippen LogP contribution >= 0.6 is 0 Å². The van der Waals surface area contributed by atoms with Crippen molar-refractivity contribution in [1.82, 2.24) is 9.46 Å². The molecule has 0 N–H and O–H groups in total. The maximum Gasteiger partial charge on any atom is 0.246 e. The standard InChI is InChI=1S/C15H16F2N2O3S/c1-9-6-12(17)15(8-11(9)16)23(20,21)19-5-3-4-13(19)14-7-10(2)18-22-14/h6-8,13H,3-5H2,1-2H3. The maximum absolute atomic E-state index is 14.1. The third-order valence-corrected chi connectivity index (χ3v) is 5.90. The van der Waals surface area contributed by atoms with Gasteiger partial charge in [-0.2, -0.15) is 4.31 Å². The Morgan fingerprint density at radius 2 is 1.96 bits per heavy atom. The van der Waals surface area contributed by atoms with Crippen LogP contribution in [0.1, 0.15) is 35.9 Å². The first kappa shape index (κ1) is 16.1. The van der Waals surface area contributed by atoms with Crippen molar-refractivity contribution in [2.24, 2.45) is 0 Å². The van der Waals surface area contributed by atoms with Crippen LogP contribution in [-0.2, 0) is 10.0 Å². The lowest BCUT2D eigenvalue weighted by Gasteiger charge is -2.22. The molecule has 1 unspecified atom stereocenters. The fraction of sp³-hybridized carbons (Fsp3) is 0.400. The number of rotatable bonds is 3. The minimum atomic E-state index is -4.17. The molecule has 0 radical (unpaired) electrons. The zero-order valence-electron chi connectivity index (χ0n) is 12.7. The Balaban J connectivity index is 2.03. The van der Waals surface area contributed by atoms with E-state index in [0.717, 1.165) is 16.4 Å². The van der Waals surface area contributed by atoms with Crippen LogP contribution in [0.2, 0.25) is 0 Å². The Bertz CT molecular complexity index is 848. The second kappa shape index (κ2) is 5.68. The molecule has 3 rings (SSSR count). The highest BCUT2D eigenvalue weighted by Crippen LogP contribution is 2.37. The highest BCUT2D eigenvalue weighted by atomic mass is 32.2. The number of benzene rings is 1. The van der Waals surface area contributed by atoms with E-state index in [9.17, 15) is 17.2 Å². The van der Waals surface area contributed by atoms with Crippen molar-refractivity contribution in [3.05, 3.63) is 46.9 Å². The molecule has 23 heavy (non-hydrogen) atoms. The zero-order chi connectivity index (χ0) is 16.8. The minimum absolute atomic E-state index is 0.0604. The fourth-order valence-electron chi connectivity index (χ4n) is 2.80. The zero-order valence-corrected chi connectivity index (χ0v) is 13.5.